The van der Waals surface area contributed by atoms with E-state index in [2.05, 4.69) is 0 Å². The van der Waals surface area contributed by atoms with Crippen molar-refractivity contribution in [3.8, 4) is 0 Å². The summed E-state index contributed by atoms with van der Waals surface area (Å²) in [6.45, 7) is 1.88. The molecule has 8 nitrogen and oxygen atoms in total. The predicted octanol–water partition coefficient (Wildman–Crippen LogP) is -0.556. The van der Waals surface area contributed by atoms with Gasteiger partial charge >= 0.3 is 12.0 Å². The Morgan fingerprint density at radius 1 is 1.00 bits per heavy atom. The first-order valence-electron chi connectivity index (χ1n) is 7.03. The highest BCUT2D eigenvalue weighted by molar-refractivity contribution is 5.83. The third-order valence-electron chi connectivity index (χ3n) is 3.81. The van der Waals surface area contributed by atoms with Crippen LogP contribution in [0, 0.1) is 0 Å². The van der Waals surface area contributed by atoms with Crippen LogP contribution in [-0.2, 0) is 14.3 Å². The summed E-state index contributed by atoms with van der Waals surface area (Å²) in [7, 11) is 3.39. The van der Waals surface area contributed by atoms with Crippen LogP contribution >= 0.6 is 0 Å². The average molecular weight is 299 g/mol. The maximum absolute atomic E-state index is 12.3. The number of rotatable bonds is 2. The molecule has 3 amide bonds. The second-order valence-corrected chi connectivity index (χ2v) is 5.52. The number of hydrogen-bond acceptors (Lipinski definition) is 4. The molecule has 2 saturated heterocycles. The van der Waals surface area contributed by atoms with Crippen molar-refractivity contribution in [2.24, 2.45) is 0 Å². The molecule has 2 atom stereocenters. The lowest BCUT2D eigenvalue weighted by atomic mass is 10.1. The first kappa shape index (κ1) is 15.6. The average Bonchev–Trinajstić information content (AvgIpc) is 2.96. The van der Waals surface area contributed by atoms with E-state index in [4.69, 9.17) is 9.84 Å². The normalized spacial score (nSPS) is 25.8. The quantitative estimate of drug-likeness (QED) is 0.738. The van der Waals surface area contributed by atoms with E-state index in [1.165, 1.54) is 4.90 Å². The Balaban J connectivity index is 1.84. The van der Waals surface area contributed by atoms with Gasteiger partial charge in [-0.3, -0.25) is 4.79 Å². The van der Waals surface area contributed by atoms with Gasteiger partial charge in [0.05, 0.1) is 0 Å². The van der Waals surface area contributed by atoms with E-state index in [1.54, 1.807) is 23.9 Å². The molecule has 2 rings (SSSR count). The monoisotopic (exact) mass is 299 g/mol. The summed E-state index contributed by atoms with van der Waals surface area (Å²) in [6, 6.07) is -0.0647. The molecule has 1 N–H and O–H groups in total. The van der Waals surface area contributed by atoms with Crippen LogP contribution in [0.2, 0.25) is 0 Å². The highest BCUT2D eigenvalue weighted by atomic mass is 16.5. The largest absolute Gasteiger partial charge is 0.479 e. The summed E-state index contributed by atoms with van der Waals surface area (Å²) in [6.07, 6.45) is -0.741. The number of ether oxygens (including phenoxy) is 1. The van der Waals surface area contributed by atoms with Crippen LogP contribution in [0.5, 0.6) is 0 Å². The van der Waals surface area contributed by atoms with Gasteiger partial charge in [0, 0.05) is 40.3 Å². The Morgan fingerprint density at radius 2 is 1.52 bits per heavy atom. The van der Waals surface area contributed by atoms with Crippen molar-refractivity contribution < 1.29 is 24.2 Å². The molecular weight excluding hydrogens is 278 g/mol. The second kappa shape index (κ2) is 6.30. The number of urea groups is 1. The zero-order valence-corrected chi connectivity index (χ0v) is 12.3. The Morgan fingerprint density at radius 3 is 2.00 bits per heavy atom. The molecule has 0 aromatic carbocycles. The molecule has 0 radical (unpaired) electrons. The molecule has 0 aromatic heterocycles. The Hall–Kier alpha value is -1.83. The Bertz CT molecular complexity index is 432. The van der Waals surface area contributed by atoms with Gasteiger partial charge < -0.3 is 24.5 Å². The minimum Gasteiger partial charge on any atom is -0.479 e. The molecule has 2 aliphatic rings. The van der Waals surface area contributed by atoms with Gasteiger partial charge in [-0.05, 0) is 12.8 Å². The summed E-state index contributed by atoms with van der Waals surface area (Å²) >= 11 is 0. The molecule has 0 saturated carbocycles. The second-order valence-electron chi connectivity index (χ2n) is 5.52. The van der Waals surface area contributed by atoms with Crippen molar-refractivity contribution in [1.29, 1.82) is 0 Å². The first-order valence-corrected chi connectivity index (χ1v) is 7.03. The number of carboxylic acids is 1. The van der Waals surface area contributed by atoms with Gasteiger partial charge in [0.2, 0.25) is 0 Å². The molecule has 2 heterocycles. The van der Waals surface area contributed by atoms with Crippen LogP contribution in [-0.4, -0.2) is 90.2 Å². The number of piperazine rings is 1. The summed E-state index contributed by atoms with van der Waals surface area (Å²) in [5.41, 5.74) is 0. The van der Waals surface area contributed by atoms with Crippen molar-refractivity contribution in [2.75, 3.05) is 40.3 Å². The van der Waals surface area contributed by atoms with E-state index in [1.807, 2.05) is 0 Å². The number of aliphatic carboxylic acids is 1. The van der Waals surface area contributed by atoms with Crippen LogP contribution in [0.25, 0.3) is 0 Å². The van der Waals surface area contributed by atoms with Gasteiger partial charge in [0.15, 0.2) is 6.10 Å². The summed E-state index contributed by atoms with van der Waals surface area (Å²) < 4.78 is 5.27. The fourth-order valence-electron chi connectivity index (χ4n) is 2.61. The number of carboxylic acid groups (broad SMARTS) is 1. The van der Waals surface area contributed by atoms with Crippen molar-refractivity contribution in [1.82, 2.24) is 14.7 Å². The van der Waals surface area contributed by atoms with Gasteiger partial charge in [-0.2, -0.15) is 0 Å². The fourth-order valence-corrected chi connectivity index (χ4v) is 2.61. The molecule has 0 aliphatic carbocycles. The van der Waals surface area contributed by atoms with Gasteiger partial charge in [0.25, 0.3) is 5.91 Å². The number of nitrogens with zero attached hydrogens (tertiary/aromatic N) is 3. The highest BCUT2D eigenvalue weighted by Gasteiger charge is 2.37. The summed E-state index contributed by atoms with van der Waals surface area (Å²) in [5.74, 6) is -1.19. The third kappa shape index (κ3) is 3.44. The molecule has 0 aromatic rings. The van der Waals surface area contributed by atoms with E-state index in [0.717, 1.165) is 0 Å². The lowest BCUT2D eigenvalue weighted by Gasteiger charge is -2.36. The van der Waals surface area contributed by atoms with E-state index in [9.17, 15) is 14.4 Å². The van der Waals surface area contributed by atoms with Crippen LogP contribution in [0.3, 0.4) is 0 Å². The number of carbonyl (C=O) groups is 3. The molecule has 118 valence electrons. The summed E-state index contributed by atoms with van der Waals surface area (Å²) in [5, 5.41) is 8.87. The maximum Gasteiger partial charge on any atom is 0.332 e. The first-order chi connectivity index (χ1) is 9.90. The van der Waals surface area contributed by atoms with Crippen molar-refractivity contribution in [3.05, 3.63) is 0 Å². The van der Waals surface area contributed by atoms with Gasteiger partial charge in [-0.25, -0.2) is 9.59 Å². The van der Waals surface area contributed by atoms with Crippen molar-refractivity contribution >= 4 is 17.9 Å². The Labute approximate surface area is 123 Å². The van der Waals surface area contributed by atoms with Crippen molar-refractivity contribution in [2.45, 2.75) is 25.0 Å². The Kier molecular flexibility index (Phi) is 4.66. The SMILES string of the molecule is CN(C)C(=O)N1CCN(C(=O)C2CCC(C(=O)O)O2)CC1. The summed E-state index contributed by atoms with van der Waals surface area (Å²) in [4.78, 5) is 39.8. The van der Waals surface area contributed by atoms with Crippen LogP contribution in [0.4, 0.5) is 4.79 Å². The van der Waals surface area contributed by atoms with Crippen LogP contribution < -0.4 is 0 Å². The molecule has 0 spiro atoms. The molecule has 2 fully saturated rings. The number of carbonyl (C=O) groups excluding carboxylic acids is 2. The zero-order chi connectivity index (χ0) is 15.6. The molecule has 21 heavy (non-hydrogen) atoms. The molecule has 8 heteroatoms. The molecule has 2 unspecified atom stereocenters. The van der Waals surface area contributed by atoms with Crippen molar-refractivity contribution in [3.63, 3.8) is 0 Å². The van der Waals surface area contributed by atoms with E-state index in [0.29, 0.717) is 39.0 Å². The lowest BCUT2D eigenvalue weighted by molar-refractivity contribution is -0.155. The number of hydrogen-bond donors (Lipinski definition) is 1. The minimum absolute atomic E-state index is 0.0647. The van der Waals surface area contributed by atoms with Gasteiger partial charge in [-0.1, -0.05) is 0 Å². The van der Waals surface area contributed by atoms with Gasteiger partial charge in [0.1, 0.15) is 6.10 Å². The number of amides is 3. The fraction of sp³-hybridized carbons (Fsp3) is 0.769. The standard InChI is InChI=1S/C13H21N3O5/c1-14(2)13(20)16-7-5-15(6-8-16)11(17)9-3-4-10(21-9)12(18)19/h9-10H,3-8H2,1-2H3,(H,18,19). The highest BCUT2D eigenvalue weighted by Crippen LogP contribution is 2.22. The predicted molar refractivity (Wildman–Crippen MR) is 72.8 cm³/mol. The molecular formula is C13H21N3O5. The van der Waals surface area contributed by atoms with Gasteiger partial charge in [-0.15, -0.1) is 0 Å². The minimum atomic E-state index is -1.02. The molecule has 0 bridgehead atoms. The third-order valence-corrected chi connectivity index (χ3v) is 3.81. The maximum atomic E-state index is 12.3. The van der Waals surface area contributed by atoms with Crippen LogP contribution in [0.1, 0.15) is 12.8 Å². The van der Waals surface area contributed by atoms with Crippen LogP contribution in [0.15, 0.2) is 0 Å². The van der Waals surface area contributed by atoms with E-state index >= 15 is 0 Å². The smallest absolute Gasteiger partial charge is 0.332 e. The topological polar surface area (TPSA) is 90.4 Å². The molecule has 2 aliphatic heterocycles. The van der Waals surface area contributed by atoms with E-state index in [-0.39, 0.29) is 11.9 Å². The zero-order valence-electron chi connectivity index (χ0n) is 12.3. The van der Waals surface area contributed by atoms with E-state index < -0.39 is 18.2 Å². The lowest BCUT2D eigenvalue weighted by Crippen LogP contribution is -2.54.